The highest BCUT2D eigenvalue weighted by Gasteiger charge is 2.29. The van der Waals surface area contributed by atoms with Crippen LogP contribution in [0.5, 0.6) is 0 Å². The van der Waals surface area contributed by atoms with Gasteiger partial charge in [-0.15, -0.1) is 0 Å². The molecule has 2 aromatic heterocycles. The number of aromatic nitrogens is 3. The fourth-order valence-corrected chi connectivity index (χ4v) is 4.19. The van der Waals surface area contributed by atoms with E-state index in [1.807, 2.05) is 12.2 Å². The summed E-state index contributed by atoms with van der Waals surface area (Å²) in [6.45, 7) is 1.55. The Bertz CT molecular complexity index is 1040. The monoisotopic (exact) mass is 423 g/mol. The quantitative estimate of drug-likeness (QED) is 0.444. The molecule has 0 saturated heterocycles. The van der Waals surface area contributed by atoms with Gasteiger partial charge in [-0.05, 0) is 42.8 Å². The third kappa shape index (κ3) is 4.25. The number of carboxylic acid groups (broad SMARTS) is 1. The van der Waals surface area contributed by atoms with Crippen LogP contribution >= 0.6 is 0 Å². The Balaban J connectivity index is 1.61. The molecule has 0 spiro atoms. The van der Waals surface area contributed by atoms with Gasteiger partial charge in [-0.3, -0.25) is 4.79 Å². The Morgan fingerprint density at radius 1 is 1.32 bits per heavy atom. The predicted octanol–water partition coefficient (Wildman–Crippen LogP) is 0.955. The molecule has 10 heteroatoms. The van der Waals surface area contributed by atoms with E-state index >= 15 is 0 Å². The van der Waals surface area contributed by atoms with E-state index in [9.17, 15) is 9.90 Å². The summed E-state index contributed by atoms with van der Waals surface area (Å²) in [7, 11) is 7.94. The molecule has 3 heterocycles. The molecule has 2 radical (unpaired) electrons. The first-order chi connectivity index (χ1) is 15.0. The molecular formula is C21H26BN5O4. The van der Waals surface area contributed by atoms with Crippen LogP contribution in [0.3, 0.4) is 0 Å². The lowest BCUT2D eigenvalue weighted by atomic mass is 9.77. The Kier molecular flexibility index (Phi) is 6.17. The number of ether oxygens (including phenoxy) is 2. The molecule has 31 heavy (non-hydrogen) atoms. The first kappa shape index (κ1) is 21.2. The van der Waals surface area contributed by atoms with Crippen LogP contribution in [-0.4, -0.2) is 60.4 Å². The van der Waals surface area contributed by atoms with Crippen LogP contribution in [0.2, 0.25) is 0 Å². The summed E-state index contributed by atoms with van der Waals surface area (Å²) in [5, 5.41) is 16.9. The minimum atomic E-state index is -0.734. The fourth-order valence-electron chi connectivity index (χ4n) is 4.19. The highest BCUT2D eigenvalue weighted by atomic mass is 16.5. The number of nitrogens with two attached hydrogens (primary N) is 1. The number of hydrogen-bond donors (Lipinski definition) is 3. The average molecular weight is 423 g/mol. The van der Waals surface area contributed by atoms with Gasteiger partial charge < -0.3 is 25.6 Å². The Morgan fingerprint density at radius 3 is 2.74 bits per heavy atom. The van der Waals surface area contributed by atoms with Gasteiger partial charge in [0.05, 0.1) is 18.7 Å². The van der Waals surface area contributed by atoms with E-state index in [0.29, 0.717) is 55.4 Å². The number of nitrogens with one attached hydrogen (secondary N) is 1. The van der Waals surface area contributed by atoms with Gasteiger partial charge in [0.15, 0.2) is 11.5 Å². The number of hydrogen-bond acceptors (Lipinski definition) is 7. The molecule has 1 aliphatic carbocycles. The van der Waals surface area contributed by atoms with Gasteiger partial charge in [-0.25, -0.2) is 4.98 Å². The summed E-state index contributed by atoms with van der Waals surface area (Å²) in [6.07, 6.45) is 8.26. The second kappa shape index (κ2) is 9.01. The van der Waals surface area contributed by atoms with Crippen molar-refractivity contribution in [1.82, 2.24) is 19.9 Å². The number of anilines is 1. The third-order valence-electron chi connectivity index (χ3n) is 5.99. The molecule has 0 bridgehead atoms. The number of carboxylic acids is 1. The van der Waals surface area contributed by atoms with Crippen molar-refractivity contribution in [3.63, 3.8) is 0 Å². The van der Waals surface area contributed by atoms with E-state index in [-0.39, 0.29) is 11.8 Å². The maximum absolute atomic E-state index is 11.3. The number of aliphatic carboxylic acids is 1. The zero-order valence-electron chi connectivity index (χ0n) is 17.5. The molecule has 1 aliphatic heterocycles. The third-order valence-corrected chi connectivity index (χ3v) is 5.99. The van der Waals surface area contributed by atoms with Crippen molar-refractivity contribution < 1.29 is 19.4 Å². The van der Waals surface area contributed by atoms with Crippen LogP contribution in [-0.2, 0) is 14.3 Å². The van der Waals surface area contributed by atoms with Gasteiger partial charge in [-0.1, -0.05) is 6.08 Å². The highest BCUT2D eigenvalue weighted by Crippen LogP contribution is 2.35. The summed E-state index contributed by atoms with van der Waals surface area (Å²) in [5.74, 6) is 0.0993. The van der Waals surface area contributed by atoms with Gasteiger partial charge in [-0.2, -0.15) is 9.61 Å². The number of fused-ring (bicyclic) bond motifs is 1. The van der Waals surface area contributed by atoms with E-state index in [2.05, 4.69) is 10.4 Å². The van der Waals surface area contributed by atoms with Crippen LogP contribution in [0.25, 0.3) is 11.2 Å². The number of allylic oxidation sites excluding steroid dienone is 2. The van der Waals surface area contributed by atoms with Gasteiger partial charge in [0.2, 0.25) is 0 Å². The van der Waals surface area contributed by atoms with Crippen LogP contribution in [0.4, 0.5) is 5.82 Å². The highest BCUT2D eigenvalue weighted by molar-refractivity contribution is 6.36. The van der Waals surface area contributed by atoms with Crippen molar-refractivity contribution in [2.45, 2.75) is 31.6 Å². The molecule has 162 valence electrons. The van der Waals surface area contributed by atoms with Gasteiger partial charge in [0.1, 0.15) is 20.3 Å². The number of nitrogen functional groups attached to an aromatic ring is 1. The molecule has 0 atom stereocenters. The molecule has 2 aromatic rings. The maximum atomic E-state index is 11.3. The van der Waals surface area contributed by atoms with Gasteiger partial charge >= 0.3 is 5.97 Å². The lowest BCUT2D eigenvalue weighted by Gasteiger charge is -2.27. The first-order valence-corrected chi connectivity index (χ1v) is 10.4. The van der Waals surface area contributed by atoms with Gasteiger partial charge in [0.25, 0.3) is 0 Å². The summed E-state index contributed by atoms with van der Waals surface area (Å²) in [4.78, 5) is 16.1. The van der Waals surface area contributed by atoms with Gasteiger partial charge in [0, 0.05) is 30.8 Å². The normalized spacial score (nSPS) is 21.3. The molecule has 4 rings (SSSR count). The zero-order valence-corrected chi connectivity index (χ0v) is 17.5. The minimum Gasteiger partial charge on any atom is -0.481 e. The number of dihydropyridines is 1. The van der Waals surface area contributed by atoms with Crippen molar-refractivity contribution in [1.29, 1.82) is 0 Å². The van der Waals surface area contributed by atoms with Crippen molar-refractivity contribution in [2.24, 2.45) is 5.92 Å². The molecule has 0 amide bonds. The smallest absolute Gasteiger partial charge is 0.306 e. The molecule has 9 nitrogen and oxygen atoms in total. The molecule has 2 aliphatic rings. The summed E-state index contributed by atoms with van der Waals surface area (Å²) >= 11 is 0. The van der Waals surface area contributed by atoms with E-state index < -0.39 is 5.97 Å². The largest absolute Gasteiger partial charge is 0.481 e. The fraction of sp³-hybridized carbons (Fsp3) is 0.476. The second-order valence-electron chi connectivity index (χ2n) is 7.89. The molecule has 1 fully saturated rings. The Hall–Kier alpha value is -3.01. The predicted molar refractivity (Wildman–Crippen MR) is 117 cm³/mol. The molecule has 4 N–H and O–H groups in total. The topological polar surface area (TPSA) is 124 Å². The van der Waals surface area contributed by atoms with E-state index in [1.165, 1.54) is 0 Å². The Labute approximate surface area is 181 Å². The van der Waals surface area contributed by atoms with Crippen molar-refractivity contribution in [3.8, 4) is 0 Å². The number of nitrogens with zero attached hydrogens (tertiary/aromatic N) is 3. The van der Waals surface area contributed by atoms with E-state index in [4.69, 9.17) is 28.0 Å². The molecule has 0 aromatic carbocycles. The zero-order chi connectivity index (χ0) is 22.0. The average Bonchev–Trinajstić information content (AvgIpc) is 3.21. The molecule has 0 unspecified atom stereocenters. The van der Waals surface area contributed by atoms with Crippen LogP contribution in [0.15, 0.2) is 24.2 Å². The Morgan fingerprint density at radius 2 is 2.10 bits per heavy atom. The van der Waals surface area contributed by atoms with Crippen molar-refractivity contribution >= 4 is 36.3 Å². The molecular weight excluding hydrogens is 397 g/mol. The first-order valence-electron chi connectivity index (χ1n) is 10.4. The minimum absolute atomic E-state index is 0.0878. The van der Waals surface area contributed by atoms with E-state index in [0.717, 1.165) is 29.7 Å². The summed E-state index contributed by atoms with van der Waals surface area (Å²) in [6, 6.07) is 0. The number of carbonyl (C=O) groups is 1. The van der Waals surface area contributed by atoms with Crippen molar-refractivity contribution in [2.75, 3.05) is 32.6 Å². The van der Waals surface area contributed by atoms with Crippen molar-refractivity contribution in [3.05, 3.63) is 35.5 Å². The van der Waals surface area contributed by atoms with Crippen LogP contribution < -0.4 is 16.5 Å². The molecule has 1 saturated carbocycles. The summed E-state index contributed by atoms with van der Waals surface area (Å²) in [5.41, 5.74) is 9.97. The number of methoxy groups -OCH3 is 1. The lowest BCUT2D eigenvalue weighted by molar-refractivity contribution is -0.142. The number of rotatable bonds is 7. The standard InChI is InChI=1S/C21H26BN5O4/c1-30-8-9-31-16-7-6-14(10-24-16)15-11-25-27-19(23)17(22)18(26-20(15)27)12-2-4-13(5-3-12)21(28)29/h6-7,11-13,24H,2-5,8-10,23H2,1H3,(H,28,29). The van der Waals surface area contributed by atoms with Crippen LogP contribution in [0.1, 0.15) is 42.9 Å². The van der Waals surface area contributed by atoms with Crippen LogP contribution in [0, 0.1) is 5.92 Å². The second-order valence-corrected chi connectivity index (χ2v) is 7.89. The lowest BCUT2D eigenvalue weighted by Crippen LogP contribution is -2.28. The maximum Gasteiger partial charge on any atom is 0.306 e. The SMILES string of the molecule is [B]c1c(C2CCC(C(=O)O)CC2)nc2c(C3=CC=C(OCCOC)NC3)cnn2c1N. The van der Waals surface area contributed by atoms with E-state index in [1.54, 1.807) is 17.8 Å². The summed E-state index contributed by atoms with van der Waals surface area (Å²) < 4.78 is 12.2.